The molecule has 25 heavy (non-hydrogen) atoms. The zero-order valence-corrected chi connectivity index (χ0v) is 14.2. The Kier molecular flexibility index (Phi) is 4.61. The third-order valence-corrected chi connectivity index (χ3v) is 4.28. The molecule has 1 aliphatic rings. The van der Waals surface area contributed by atoms with E-state index in [1.807, 2.05) is 42.5 Å². The molecular formula is C19H20N2O4. The first-order chi connectivity index (χ1) is 11.9. The van der Waals surface area contributed by atoms with Crippen LogP contribution < -0.4 is 15.0 Å². The van der Waals surface area contributed by atoms with Crippen LogP contribution in [0.4, 0.5) is 11.4 Å². The summed E-state index contributed by atoms with van der Waals surface area (Å²) in [5.41, 5.74) is 3.64. The predicted molar refractivity (Wildman–Crippen MR) is 95.1 cm³/mol. The molecule has 2 N–H and O–H groups in total. The van der Waals surface area contributed by atoms with Gasteiger partial charge >= 0.3 is 5.97 Å². The number of carboxylic acids is 1. The van der Waals surface area contributed by atoms with Crippen molar-refractivity contribution in [1.29, 1.82) is 0 Å². The molecule has 0 aromatic heterocycles. The van der Waals surface area contributed by atoms with Gasteiger partial charge < -0.3 is 20.1 Å². The number of nitrogens with one attached hydrogen (secondary N) is 1. The molecule has 1 aliphatic heterocycles. The first-order valence-electron chi connectivity index (χ1n) is 8.02. The summed E-state index contributed by atoms with van der Waals surface area (Å²) < 4.78 is 5.82. The molecule has 6 heteroatoms. The van der Waals surface area contributed by atoms with E-state index in [1.165, 1.54) is 6.92 Å². The van der Waals surface area contributed by atoms with Crippen molar-refractivity contribution < 1.29 is 19.4 Å². The van der Waals surface area contributed by atoms with Crippen LogP contribution in [0.5, 0.6) is 5.75 Å². The maximum absolute atomic E-state index is 11.3. The Morgan fingerprint density at radius 1 is 1.24 bits per heavy atom. The number of carboxylic acid groups (broad SMARTS) is 1. The highest BCUT2D eigenvalue weighted by molar-refractivity contribution is 5.88. The Labute approximate surface area is 146 Å². The number of amides is 1. The van der Waals surface area contributed by atoms with Gasteiger partial charge in [0.2, 0.25) is 5.91 Å². The number of fused-ring (bicyclic) bond motifs is 1. The highest BCUT2D eigenvalue weighted by Crippen LogP contribution is 2.34. The number of likely N-dealkylation sites (N-methyl/N-ethyl adjacent to an activating group) is 1. The molecule has 1 amide bonds. The van der Waals surface area contributed by atoms with Crippen LogP contribution >= 0.6 is 0 Å². The third kappa shape index (κ3) is 3.74. The molecule has 0 saturated carbocycles. The molecule has 2 aromatic carbocycles. The number of nitrogens with zero attached hydrogens (tertiary/aromatic N) is 1. The number of carbonyl (C=O) groups is 2. The number of benzene rings is 2. The molecule has 1 unspecified atom stereocenters. The summed E-state index contributed by atoms with van der Waals surface area (Å²) >= 11 is 0. The van der Waals surface area contributed by atoms with Gasteiger partial charge in [0.05, 0.1) is 0 Å². The smallest absolute Gasteiger partial charge is 0.326 e. The first-order valence-corrected chi connectivity index (χ1v) is 8.02. The third-order valence-electron chi connectivity index (χ3n) is 4.28. The number of ether oxygens (including phenoxy) is 1. The highest BCUT2D eigenvalue weighted by atomic mass is 16.5. The fourth-order valence-corrected chi connectivity index (χ4v) is 2.98. The van der Waals surface area contributed by atoms with Crippen molar-refractivity contribution in [2.45, 2.75) is 26.0 Å². The molecule has 0 spiro atoms. The van der Waals surface area contributed by atoms with E-state index in [0.29, 0.717) is 18.8 Å². The number of aliphatic carboxylic acids is 1. The fourth-order valence-electron chi connectivity index (χ4n) is 2.98. The van der Waals surface area contributed by atoms with Gasteiger partial charge in [-0.15, -0.1) is 0 Å². The van der Waals surface area contributed by atoms with Gasteiger partial charge in [0.15, 0.2) is 0 Å². The lowest BCUT2D eigenvalue weighted by Gasteiger charge is -2.18. The lowest BCUT2D eigenvalue weighted by Crippen LogP contribution is -2.35. The molecule has 0 saturated heterocycles. The average Bonchev–Trinajstić information content (AvgIpc) is 2.90. The van der Waals surface area contributed by atoms with Crippen molar-refractivity contribution in [2.24, 2.45) is 0 Å². The van der Waals surface area contributed by atoms with E-state index in [9.17, 15) is 14.7 Å². The molecule has 0 radical (unpaired) electrons. The van der Waals surface area contributed by atoms with Gasteiger partial charge in [0.1, 0.15) is 18.4 Å². The molecule has 3 rings (SSSR count). The van der Waals surface area contributed by atoms with E-state index in [4.69, 9.17) is 4.74 Å². The number of carbonyl (C=O) groups excluding carboxylic acids is 1. The topological polar surface area (TPSA) is 78.9 Å². The summed E-state index contributed by atoms with van der Waals surface area (Å²) in [5.74, 6) is -0.212. The van der Waals surface area contributed by atoms with Crippen molar-refractivity contribution in [1.82, 2.24) is 0 Å². The molecule has 1 heterocycles. The lowest BCUT2D eigenvalue weighted by molar-refractivity contribution is -0.138. The van der Waals surface area contributed by atoms with E-state index in [-0.39, 0.29) is 5.91 Å². The van der Waals surface area contributed by atoms with Crippen LogP contribution in [0, 0.1) is 0 Å². The van der Waals surface area contributed by atoms with Gasteiger partial charge in [-0.1, -0.05) is 12.1 Å². The molecule has 0 fully saturated rings. The van der Waals surface area contributed by atoms with Crippen LogP contribution in [0.3, 0.4) is 0 Å². The highest BCUT2D eigenvalue weighted by Gasteiger charge is 2.31. The van der Waals surface area contributed by atoms with Crippen molar-refractivity contribution in [3.05, 3.63) is 53.6 Å². The zero-order chi connectivity index (χ0) is 18.0. The summed E-state index contributed by atoms with van der Waals surface area (Å²) in [5, 5.41) is 12.0. The Morgan fingerprint density at radius 2 is 1.96 bits per heavy atom. The standard InChI is InChI=1S/C19H20N2O4/c1-12(22)20-15-5-3-13(4-6-15)11-25-16-7-8-17-14(9-16)10-18(19(23)24)21(17)2/h3-9,18H,10-11H2,1-2H3,(H,20,22)(H,23,24). The second kappa shape index (κ2) is 6.84. The predicted octanol–water partition coefficient (Wildman–Crippen LogP) is 2.67. The summed E-state index contributed by atoms with van der Waals surface area (Å²) in [4.78, 5) is 24.1. The van der Waals surface area contributed by atoms with Crippen LogP contribution in [0.1, 0.15) is 18.1 Å². The van der Waals surface area contributed by atoms with Gasteiger partial charge in [-0.25, -0.2) is 4.79 Å². The quantitative estimate of drug-likeness (QED) is 0.875. The minimum atomic E-state index is -0.819. The summed E-state index contributed by atoms with van der Waals surface area (Å²) in [6.45, 7) is 1.87. The SMILES string of the molecule is CC(=O)Nc1ccc(COc2ccc3c(c2)CC(C(=O)O)N3C)cc1. The van der Waals surface area contributed by atoms with Gasteiger partial charge in [0.25, 0.3) is 0 Å². The minimum Gasteiger partial charge on any atom is -0.489 e. The van der Waals surface area contributed by atoms with Gasteiger partial charge in [0, 0.05) is 31.8 Å². The second-order valence-corrected chi connectivity index (χ2v) is 6.13. The fraction of sp³-hybridized carbons (Fsp3) is 0.263. The van der Waals surface area contributed by atoms with Crippen molar-refractivity contribution in [2.75, 3.05) is 17.3 Å². The Balaban J connectivity index is 1.64. The van der Waals surface area contributed by atoms with Crippen LogP contribution in [-0.4, -0.2) is 30.1 Å². The maximum atomic E-state index is 11.3. The molecule has 2 aromatic rings. The van der Waals surface area contributed by atoms with Crippen LogP contribution in [0.2, 0.25) is 0 Å². The monoisotopic (exact) mass is 340 g/mol. The summed E-state index contributed by atoms with van der Waals surface area (Å²) in [6, 6.07) is 12.6. The van der Waals surface area contributed by atoms with Gasteiger partial charge in [-0.3, -0.25) is 4.79 Å². The van der Waals surface area contributed by atoms with Crippen LogP contribution in [-0.2, 0) is 22.6 Å². The Hall–Kier alpha value is -3.02. The van der Waals surface area contributed by atoms with Crippen LogP contribution in [0.15, 0.2) is 42.5 Å². The van der Waals surface area contributed by atoms with Crippen molar-refractivity contribution in [3.63, 3.8) is 0 Å². The molecule has 130 valence electrons. The van der Waals surface area contributed by atoms with Crippen LogP contribution in [0.25, 0.3) is 0 Å². The summed E-state index contributed by atoms with van der Waals surface area (Å²) in [7, 11) is 1.79. The molecular weight excluding hydrogens is 320 g/mol. The number of hydrogen-bond donors (Lipinski definition) is 2. The zero-order valence-electron chi connectivity index (χ0n) is 14.2. The molecule has 0 aliphatic carbocycles. The van der Waals surface area contributed by atoms with E-state index in [0.717, 1.165) is 22.5 Å². The van der Waals surface area contributed by atoms with E-state index in [1.54, 1.807) is 11.9 Å². The molecule has 0 bridgehead atoms. The molecule has 6 nitrogen and oxygen atoms in total. The number of hydrogen-bond acceptors (Lipinski definition) is 4. The van der Waals surface area contributed by atoms with E-state index < -0.39 is 12.0 Å². The second-order valence-electron chi connectivity index (χ2n) is 6.13. The Morgan fingerprint density at radius 3 is 2.60 bits per heavy atom. The van der Waals surface area contributed by atoms with Gasteiger partial charge in [-0.2, -0.15) is 0 Å². The summed E-state index contributed by atoms with van der Waals surface area (Å²) in [6.07, 6.45) is 0.476. The lowest BCUT2D eigenvalue weighted by atomic mass is 10.1. The first kappa shape index (κ1) is 16.8. The largest absolute Gasteiger partial charge is 0.489 e. The van der Waals surface area contributed by atoms with Crippen molar-refractivity contribution in [3.8, 4) is 5.75 Å². The van der Waals surface area contributed by atoms with Gasteiger partial charge in [-0.05, 0) is 41.5 Å². The normalized spacial score (nSPS) is 15.6. The maximum Gasteiger partial charge on any atom is 0.326 e. The minimum absolute atomic E-state index is 0.105. The Bertz CT molecular complexity index is 802. The van der Waals surface area contributed by atoms with E-state index in [2.05, 4.69) is 5.32 Å². The van der Waals surface area contributed by atoms with E-state index >= 15 is 0 Å². The molecule has 1 atom stereocenters. The number of anilines is 2. The van der Waals surface area contributed by atoms with Crippen molar-refractivity contribution >= 4 is 23.3 Å². The number of rotatable bonds is 5. The average molecular weight is 340 g/mol.